The highest BCUT2D eigenvalue weighted by Crippen LogP contribution is 2.13. The van der Waals surface area contributed by atoms with Gasteiger partial charge in [-0.3, -0.25) is 9.59 Å². The SMILES string of the molecule is CC(=O)N(CC(=O)NCCc1ccc(Cl)cc1)c1ccccc1. The molecule has 0 heterocycles. The zero-order valence-corrected chi connectivity index (χ0v) is 13.7. The lowest BCUT2D eigenvalue weighted by molar-refractivity contribution is -0.123. The van der Waals surface area contributed by atoms with Gasteiger partial charge in [0.05, 0.1) is 0 Å². The number of nitrogens with zero attached hydrogens (tertiary/aromatic N) is 1. The molecule has 0 unspecified atom stereocenters. The third-order valence-electron chi connectivity index (χ3n) is 3.40. The van der Waals surface area contributed by atoms with Gasteiger partial charge in [0.1, 0.15) is 6.54 Å². The summed E-state index contributed by atoms with van der Waals surface area (Å²) in [5.41, 5.74) is 1.81. The molecule has 2 amide bonds. The summed E-state index contributed by atoms with van der Waals surface area (Å²) in [7, 11) is 0. The summed E-state index contributed by atoms with van der Waals surface area (Å²) in [5.74, 6) is -0.345. The van der Waals surface area contributed by atoms with E-state index in [1.165, 1.54) is 11.8 Å². The molecule has 4 nitrogen and oxygen atoms in total. The molecule has 0 fully saturated rings. The van der Waals surface area contributed by atoms with Crippen LogP contribution in [0.2, 0.25) is 5.02 Å². The van der Waals surface area contributed by atoms with E-state index in [0.717, 1.165) is 5.56 Å². The molecular weight excluding hydrogens is 312 g/mol. The Balaban J connectivity index is 1.85. The first-order valence-electron chi connectivity index (χ1n) is 7.40. The molecule has 1 N–H and O–H groups in total. The van der Waals surface area contributed by atoms with Crippen LogP contribution in [-0.2, 0) is 16.0 Å². The molecule has 5 heteroatoms. The molecule has 0 atom stereocenters. The van der Waals surface area contributed by atoms with Crippen molar-refractivity contribution < 1.29 is 9.59 Å². The molecule has 0 aliphatic carbocycles. The Morgan fingerprint density at radius 3 is 2.30 bits per heavy atom. The molecular formula is C18H19ClN2O2. The van der Waals surface area contributed by atoms with E-state index in [4.69, 9.17) is 11.6 Å². The average molecular weight is 331 g/mol. The fourth-order valence-electron chi connectivity index (χ4n) is 2.19. The molecule has 2 aromatic rings. The molecule has 0 bridgehead atoms. The van der Waals surface area contributed by atoms with Gasteiger partial charge in [-0.25, -0.2) is 0 Å². The van der Waals surface area contributed by atoms with Gasteiger partial charge in [0.15, 0.2) is 0 Å². The predicted molar refractivity (Wildman–Crippen MR) is 92.6 cm³/mol. The number of anilines is 1. The third kappa shape index (κ3) is 5.42. The highest BCUT2D eigenvalue weighted by Gasteiger charge is 2.15. The molecule has 0 saturated heterocycles. The number of para-hydroxylation sites is 1. The van der Waals surface area contributed by atoms with Crippen molar-refractivity contribution in [2.45, 2.75) is 13.3 Å². The number of hydrogen-bond acceptors (Lipinski definition) is 2. The van der Waals surface area contributed by atoms with E-state index >= 15 is 0 Å². The Bertz CT molecular complexity index is 656. The zero-order valence-electron chi connectivity index (χ0n) is 13.0. The van der Waals surface area contributed by atoms with Gasteiger partial charge in [0.25, 0.3) is 0 Å². The summed E-state index contributed by atoms with van der Waals surface area (Å²) in [5, 5.41) is 3.53. The minimum Gasteiger partial charge on any atom is -0.354 e. The van der Waals surface area contributed by atoms with Crippen molar-refractivity contribution in [3.63, 3.8) is 0 Å². The molecule has 0 aromatic heterocycles. The topological polar surface area (TPSA) is 49.4 Å². The van der Waals surface area contributed by atoms with Crippen molar-refractivity contribution in [3.05, 3.63) is 65.2 Å². The summed E-state index contributed by atoms with van der Waals surface area (Å²) >= 11 is 5.83. The summed E-state index contributed by atoms with van der Waals surface area (Å²) in [6.45, 7) is 1.98. The summed E-state index contributed by atoms with van der Waals surface area (Å²) in [6, 6.07) is 16.7. The second-order valence-electron chi connectivity index (χ2n) is 5.17. The highest BCUT2D eigenvalue weighted by molar-refractivity contribution is 6.30. The number of carbonyl (C=O) groups excluding carboxylic acids is 2. The maximum absolute atomic E-state index is 12.0. The second-order valence-corrected chi connectivity index (χ2v) is 5.60. The zero-order chi connectivity index (χ0) is 16.7. The average Bonchev–Trinajstić information content (AvgIpc) is 2.55. The molecule has 2 rings (SSSR count). The lowest BCUT2D eigenvalue weighted by atomic mass is 10.1. The standard InChI is InChI=1S/C18H19ClN2O2/c1-14(22)21(17-5-3-2-4-6-17)13-18(23)20-12-11-15-7-9-16(19)10-8-15/h2-10H,11-13H2,1H3,(H,20,23). The number of nitrogens with one attached hydrogen (secondary N) is 1. The fraction of sp³-hybridized carbons (Fsp3) is 0.222. The first-order valence-corrected chi connectivity index (χ1v) is 7.78. The van der Waals surface area contributed by atoms with E-state index in [0.29, 0.717) is 23.7 Å². The number of carbonyl (C=O) groups is 2. The van der Waals surface area contributed by atoms with Crippen molar-refractivity contribution in [1.82, 2.24) is 5.32 Å². The van der Waals surface area contributed by atoms with Gasteiger partial charge in [-0.1, -0.05) is 41.9 Å². The minimum atomic E-state index is -0.182. The Labute approximate surface area is 141 Å². The maximum atomic E-state index is 12.0. The van der Waals surface area contributed by atoms with E-state index in [2.05, 4.69) is 5.32 Å². The number of halogens is 1. The van der Waals surface area contributed by atoms with E-state index in [1.54, 1.807) is 0 Å². The van der Waals surface area contributed by atoms with Crippen LogP contribution in [0.1, 0.15) is 12.5 Å². The second kappa shape index (κ2) is 8.34. The Kier molecular flexibility index (Phi) is 6.18. The van der Waals surface area contributed by atoms with Crippen molar-refractivity contribution in [2.75, 3.05) is 18.0 Å². The summed E-state index contributed by atoms with van der Waals surface area (Å²) in [6.07, 6.45) is 0.717. The van der Waals surface area contributed by atoms with Crippen molar-refractivity contribution >= 4 is 29.1 Å². The summed E-state index contributed by atoms with van der Waals surface area (Å²) in [4.78, 5) is 25.2. The van der Waals surface area contributed by atoms with Crippen molar-refractivity contribution in [1.29, 1.82) is 0 Å². The van der Waals surface area contributed by atoms with E-state index in [1.807, 2.05) is 54.6 Å². The Morgan fingerprint density at radius 1 is 1.04 bits per heavy atom. The molecule has 0 aliphatic heterocycles. The lowest BCUT2D eigenvalue weighted by Crippen LogP contribution is -2.40. The largest absolute Gasteiger partial charge is 0.354 e. The number of benzene rings is 2. The van der Waals surface area contributed by atoms with Gasteiger partial charge >= 0.3 is 0 Å². The smallest absolute Gasteiger partial charge is 0.240 e. The van der Waals surface area contributed by atoms with E-state index in [-0.39, 0.29) is 18.4 Å². The molecule has 23 heavy (non-hydrogen) atoms. The first kappa shape index (κ1) is 17.0. The van der Waals surface area contributed by atoms with Crippen LogP contribution in [0.15, 0.2) is 54.6 Å². The summed E-state index contributed by atoms with van der Waals surface area (Å²) < 4.78 is 0. The van der Waals surface area contributed by atoms with Crippen LogP contribution in [0, 0.1) is 0 Å². The van der Waals surface area contributed by atoms with Gasteiger partial charge in [0, 0.05) is 24.2 Å². The fourth-order valence-corrected chi connectivity index (χ4v) is 2.32. The molecule has 0 aliphatic rings. The van der Waals surface area contributed by atoms with Crippen LogP contribution in [0.3, 0.4) is 0 Å². The van der Waals surface area contributed by atoms with E-state index in [9.17, 15) is 9.59 Å². The van der Waals surface area contributed by atoms with Gasteiger partial charge in [-0.05, 0) is 36.2 Å². The minimum absolute atomic E-state index is 0.0139. The van der Waals surface area contributed by atoms with Crippen molar-refractivity contribution in [3.8, 4) is 0 Å². The molecule has 0 radical (unpaired) electrons. The molecule has 120 valence electrons. The van der Waals surface area contributed by atoms with Gasteiger partial charge < -0.3 is 10.2 Å². The van der Waals surface area contributed by atoms with E-state index < -0.39 is 0 Å². The number of hydrogen-bond donors (Lipinski definition) is 1. The monoisotopic (exact) mass is 330 g/mol. The first-order chi connectivity index (χ1) is 11.1. The maximum Gasteiger partial charge on any atom is 0.240 e. The van der Waals surface area contributed by atoms with Crippen molar-refractivity contribution in [2.24, 2.45) is 0 Å². The van der Waals surface area contributed by atoms with Gasteiger partial charge in [-0.15, -0.1) is 0 Å². The predicted octanol–water partition coefficient (Wildman–Crippen LogP) is 3.05. The molecule has 0 saturated carbocycles. The quantitative estimate of drug-likeness (QED) is 0.885. The van der Waals surface area contributed by atoms with Crippen LogP contribution >= 0.6 is 11.6 Å². The molecule has 0 spiro atoms. The Morgan fingerprint density at radius 2 is 1.70 bits per heavy atom. The van der Waals surface area contributed by atoms with Crippen LogP contribution in [-0.4, -0.2) is 24.9 Å². The van der Waals surface area contributed by atoms with Crippen LogP contribution in [0.5, 0.6) is 0 Å². The lowest BCUT2D eigenvalue weighted by Gasteiger charge is -2.20. The third-order valence-corrected chi connectivity index (χ3v) is 3.65. The Hall–Kier alpha value is -2.33. The van der Waals surface area contributed by atoms with Gasteiger partial charge in [-0.2, -0.15) is 0 Å². The normalized spacial score (nSPS) is 10.2. The van der Waals surface area contributed by atoms with Crippen LogP contribution in [0.4, 0.5) is 5.69 Å². The van der Waals surface area contributed by atoms with Crippen LogP contribution in [0.25, 0.3) is 0 Å². The van der Waals surface area contributed by atoms with Gasteiger partial charge in [0.2, 0.25) is 11.8 Å². The number of rotatable bonds is 6. The number of amides is 2. The highest BCUT2D eigenvalue weighted by atomic mass is 35.5. The van der Waals surface area contributed by atoms with Crippen LogP contribution < -0.4 is 10.2 Å². The molecule has 2 aromatic carbocycles.